The Labute approximate surface area is 195 Å². The van der Waals surface area contributed by atoms with Crippen LogP contribution in [0.5, 0.6) is 0 Å². The minimum absolute atomic E-state index is 0. The fourth-order valence-corrected chi connectivity index (χ4v) is 0. The maximum absolute atomic E-state index is 0. The Kier molecular flexibility index (Phi) is 2190. The third-order valence-electron chi connectivity index (χ3n) is 0. The van der Waals surface area contributed by atoms with Gasteiger partial charge in [-0.25, -0.2) is 0 Å². The molecule has 0 aliphatic rings. The van der Waals surface area contributed by atoms with E-state index >= 15 is 0 Å². The predicted molar refractivity (Wildman–Crippen MR) is 66.3 cm³/mol. The van der Waals surface area contributed by atoms with E-state index in [4.69, 9.17) is 0 Å². The van der Waals surface area contributed by atoms with Gasteiger partial charge >= 0.3 is 76.9 Å². The van der Waals surface area contributed by atoms with Crippen LogP contribution in [0.4, 0.5) is 0 Å². The Hall–Kier alpha value is 5.59. The number of hydrogen-bond donors (Lipinski definition) is 0. The van der Waals surface area contributed by atoms with Crippen LogP contribution in [0.3, 0.4) is 0 Å². The Morgan fingerprint density at radius 2 is 0.231 bits per heavy atom. The molecule has 0 unspecified atom stereocenters. The van der Waals surface area contributed by atoms with Crippen LogP contribution in [0.1, 0.15) is 0 Å². The first-order chi connectivity index (χ1) is 0. The van der Waals surface area contributed by atoms with Gasteiger partial charge in [-0.1, -0.05) is 0 Å². The van der Waals surface area contributed by atoms with Gasteiger partial charge in [-0.2, -0.15) is 0 Å². The summed E-state index contributed by atoms with van der Waals surface area (Å²) in [5, 5.41) is 0. The SMILES string of the molecule is [Cr+3].[Cr+3].[Mo+6].[Mo+6].[S-2].[S-2].[S-2].[S-2].[S-2].[S-2].[S-2].[S-2].[S-2]. The van der Waals surface area contributed by atoms with Crippen molar-refractivity contribution in [2.24, 2.45) is 0 Å². The summed E-state index contributed by atoms with van der Waals surface area (Å²) in [7, 11) is 0. The fraction of sp³-hybridized carbons (Fsp3) is 0. The molecule has 0 aliphatic heterocycles. The minimum Gasteiger partial charge on any atom is -2.00 e. The van der Waals surface area contributed by atoms with Crippen molar-refractivity contribution in [3.63, 3.8) is 0 Å². The van der Waals surface area contributed by atoms with Crippen molar-refractivity contribution in [1.29, 1.82) is 0 Å². The molecule has 0 nitrogen and oxygen atoms in total. The van der Waals surface area contributed by atoms with E-state index < -0.39 is 0 Å². The van der Waals surface area contributed by atoms with Crippen molar-refractivity contribution < 1.29 is 76.9 Å². The van der Waals surface area contributed by atoms with Crippen molar-refractivity contribution >= 4 is 121 Å². The Balaban J connectivity index is 0. The van der Waals surface area contributed by atoms with E-state index in [0.29, 0.717) is 0 Å². The van der Waals surface area contributed by atoms with Gasteiger partial charge in [-0.3, -0.25) is 0 Å². The molecular formula is Cr2Mo2S9. The second-order valence-corrected chi connectivity index (χ2v) is 0. The summed E-state index contributed by atoms with van der Waals surface area (Å²) in [4.78, 5) is 0. The van der Waals surface area contributed by atoms with E-state index in [9.17, 15) is 0 Å². The fourth-order valence-electron chi connectivity index (χ4n) is 0. The summed E-state index contributed by atoms with van der Waals surface area (Å²) < 4.78 is 0. The van der Waals surface area contributed by atoms with Crippen LogP contribution < -0.4 is 0 Å². The average molecular weight is 584 g/mol. The van der Waals surface area contributed by atoms with Crippen LogP contribution in [0.2, 0.25) is 0 Å². The molecule has 0 atom stereocenters. The van der Waals surface area contributed by atoms with Gasteiger partial charge < -0.3 is 121 Å². The molecule has 0 aromatic rings. The first kappa shape index (κ1) is 184. The third-order valence-corrected chi connectivity index (χ3v) is 0. The largest absolute Gasteiger partial charge is 6.00 e. The van der Waals surface area contributed by atoms with E-state index in [0.717, 1.165) is 0 Å². The van der Waals surface area contributed by atoms with Crippen LogP contribution in [0.15, 0.2) is 0 Å². The molecule has 2 radical (unpaired) electrons. The molecule has 0 saturated heterocycles. The van der Waals surface area contributed by atoms with Crippen molar-refractivity contribution in [3.05, 3.63) is 0 Å². The Morgan fingerprint density at radius 1 is 0.231 bits per heavy atom. The summed E-state index contributed by atoms with van der Waals surface area (Å²) in [6.45, 7) is 0. The molecule has 0 rings (SSSR count). The molecule has 0 amide bonds. The zero-order chi connectivity index (χ0) is 0. The van der Waals surface area contributed by atoms with Crippen molar-refractivity contribution in [2.45, 2.75) is 0 Å². The molecule has 0 aromatic carbocycles. The minimum atomic E-state index is 0. The zero-order valence-electron chi connectivity index (χ0n) is 5.31. The van der Waals surface area contributed by atoms with Crippen LogP contribution in [0.25, 0.3) is 0 Å². The van der Waals surface area contributed by atoms with Gasteiger partial charge in [-0.15, -0.1) is 0 Å². The van der Waals surface area contributed by atoms with E-state index in [1.807, 2.05) is 0 Å². The van der Waals surface area contributed by atoms with Gasteiger partial charge in [0.25, 0.3) is 0 Å². The normalized spacial score (nSPS) is 0. The quantitative estimate of drug-likeness (QED) is 0.351. The Morgan fingerprint density at radius 3 is 0.231 bits per heavy atom. The molecule has 13 heteroatoms. The molecule has 78 valence electrons. The second kappa shape index (κ2) is 155. The summed E-state index contributed by atoms with van der Waals surface area (Å²) in [5.41, 5.74) is 0. The molecule has 0 heterocycles. The Bertz CT molecular complexity index is 15.6. The molecule has 13 heavy (non-hydrogen) atoms. The maximum atomic E-state index is 0. The number of hydrogen-bond acceptors (Lipinski definition) is 0. The van der Waals surface area contributed by atoms with Crippen LogP contribution in [-0.4, -0.2) is 0 Å². The molecule has 0 bridgehead atoms. The first-order valence-corrected chi connectivity index (χ1v) is 0. The second-order valence-electron chi connectivity index (χ2n) is 0. The van der Waals surface area contributed by atoms with Gasteiger partial charge in [0, 0.05) is 0 Å². The molecule has 0 saturated carbocycles. The van der Waals surface area contributed by atoms with Crippen molar-refractivity contribution in [2.75, 3.05) is 0 Å². The van der Waals surface area contributed by atoms with Gasteiger partial charge in [0.15, 0.2) is 0 Å². The molecule has 0 N–H and O–H groups in total. The molecule has 0 fully saturated rings. The molecule has 0 spiro atoms. The van der Waals surface area contributed by atoms with Gasteiger partial charge in [0.05, 0.1) is 0 Å². The number of rotatable bonds is 0. The average Bonchev–Trinajstić information content (AvgIpc) is 0. The van der Waals surface area contributed by atoms with Gasteiger partial charge in [0.2, 0.25) is 0 Å². The van der Waals surface area contributed by atoms with E-state index in [1.165, 1.54) is 0 Å². The van der Waals surface area contributed by atoms with Gasteiger partial charge in [0.1, 0.15) is 0 Å². The van der Waals surface area contributed by atoms with E-state index in [2.05, 4.69) is 0 Å². The summed E-state index contributed by atoms with van der Waals surface area (Å²) >= 11 is 0. The van der Waals surface area contributed by atoms with Crippen LogP contribution >= 0.6 is 0 Å². The summed E-state index contributed by atoms with van der Waals surface area (Å²) in [6.07, 6.45) is 0. The predicted octanol–water partition coefficient (Wildman–Crippen LogP) is -0.0316. The topological polar surface area (TPSA) is 0 Å². The monoisotopic (exact) mass is 587 g/mol. The van der Waals surface area contributed by atoms with Gasteiger partial charge in [-0.05, 0) is 0 Å². The zero-order valence-corrected chi connectivity index (χ0v) is 19.2. The third kappa shape index (κ3) is 137. The van der Waals surface area contributed by atoms with Crippen molar-refractivity contribution in [1.82, 2.24) is 0 Å². The smallest absolute Gasteiger partial charge is 2.00 e. The summed E-state index contributed by atoms with van der Waals surface area (Å²) in [5.74, 6) is 0. The summed E-state index contributed by atoms with van der Waals surface area (Å²) in [6, 6.07) is 0. The maximum Gasteiger partial charge on any atom is 6.00 e. The molecule has 0 aromatic heterocycles. The first-order valence-electron chi connectivity index (χ1n) is 0. The molecule has 0 aliphatic carbocycles. The van der Waals surface area contributed by atoms with Crippen LogP contribution in [0, 0.1) is 0 Å². The van der Waals surface area contributed by atoms with E-state index in [-0.39, 0.29) is 198 Å². The molecular weight excluding hydrogens is 584 g/mol. The van der Waals surface area contributed by atoms with Crippen molar-refractivity contribution in [3.8, 4) is 0 Å². The van der Waals surface area contributed by atoms with Crippen LogP contribution in [-0.2, 0) is 198 Å². The standard InChI is InChI=1S/2Cr.2Mo.9S/q2*+3;2*+6;9*-2. The van der Waals surface area contributed by atoms with E-state index in [1.54, 1.807) is 0 Å².